The molecule has 2 aliphatic carbocycles. The van der Waals surface area contributed by atoms with Crippen molar-refractivity contribution in [1.29, 1.82) is 0 Å². The molecule has 106 valence electrons. The topological polar surface area (TPSA) is 0 Å². The molecular weight excluding hydrogens is 216 g/mol. The molecule has 2 rings (SSSR count). The molecule has 0 heteroatoms. The average molecular weight is 250 g/mol. The highest BCUT2D eigenvalue weighted by molar-refractivity contribution is 4.94. The molecule has 2 aliphatic rings. The van der Waals surface area contributed by atoms with Crippen LogP contribution >= 0.6 is 0 Å². The largest absolute Gasteiger partial charge is 0.0654 e. The molecule has 0 amide bonds. The summed E-state index contributed by atoms with van der Waals surface area (Å²) in [6.45, 7) is 9.82. The van der Waals surface area contributed by atoms with Crippen LogP contribution in [-0.2, 0) is 0 Å². The highest BCUT2D eigenvalue weighted by Gasteiger charge is 2.44. The summed E-state index contributed by atoms with van der Waals surface area (Å²) in [6, 6.07) is 0. The van der Waals surface area contributed by atoms with E-state index in [0.29, 0.717) is 0 Å². The number of hydrogen-bond acceptors (Lipinski definition) is 0. The van der Waals surface area contributed by atoms with Crippen LogP contribution in [0.4, 0.5) is 0 Å². The first-order valence-corrected chi connectivity index (χ1v) is 8.69. The standard InChI is InChI=1S/C18H34/c1-5-9-16-14(6-2)12-15-10-7-8-11-17(15)18(16)13(3)4/h13-18H,5-12H2,1-4H3. The summed E-state index contributed by atoms with van der Waals surface area (Å²) in [5.41, 5.74) is 0. The van der Waals surface area contributed by atoms with E-state index < -0.39 is 0 Å². The van der Waals surface area contributed by atoms with Crippen LogP contribution in [0.3, 0.4) is 0 Å². The molecule has 0 saturated heterocycles. The van der Waals surface area contributed by atoms with Crippen molar-refractivity contribution in [3.63, 3.8) is 0 Å². The van der Waals surface area contributed by atoms with Crippen molar-refractivity contribution in [2.45, 2.75) is 79.1 Å². The van der Waals surface area contributed by atoms with Crippen molar-refractivity contribution in [1.82, 2.24) is 0 Å². The summed E-state index contributed by atoms with van der Waals surface area (Å²) in [6.07, 6.45) is 12.0. The zero-order valence-corrected chi connectivity index (χ0v) is 13.1. The van der Waals surface area contributed by atoms with Gasteiger partial charge in [-0.3, -0.25) is 0 Å². The van der Waals surface area contributed by atoms with Crippen LogP contribution in [0.15, 0.2) is 0 Å². The zero-order chi connectivity index (χ0) is 13.1. The van der Waals surface area contributed by atoms with Crippen LogP contribution in [0, 0.1) is 35.5 Å². The van der Waals surface area contributed by atoms with Crippen molar-refractivity contribution in [2.75, 3.05) is 0 Å². The molecule has 0 nitrogen and oxygen atoms in total. The Labute approximate surface area is 115 Å². The lowest BCUT2D eigenvalue weighted by Gasteiger charge is -2.51. The van der Waals surface area contributed by atoms with Crippen LogP contribution in [0.25, 0.3) is 0 Å². The van der Waals surface area contributed by atoms with Gasteiger partial charge in [0.25, 0.3) is 0 Å². The molecule has 0 spiro atoms. The first-order chi connectivity index (χ1) is 8.69. The highest BCUT2D eigenvalue weighted by atomic mass is 14.5. The molecule has 5 atom stereocenters. The van der Waals surface area contributed by atoms with Gasteiger partial charge in [-0.2, -0.15) is 0 Å². The van der Waals surface area contributed by atoms with Crippen LogP contribution < -0.4 is 0 Å². The van der Waals surface area contributed by atoms with Crippen LogP contribution in [0.5, 0.6) is 0 Å². The third-order valence-corrected chi connectivity index (χ3v) is 6.08. The lowest BCUT2D eigenvalue weighted by molar-refractivity contribution is -0.0198. The Morgan fingerprint density at radius 3 is 2.39 bits per heavy atom. The molecule has 0 heterocycles. The van der Waals surface area contributed by atoms with Gasteiger partial charge >= 0.3 is 0 Å². The van der Waals surface area contributed by atoms with Crippen LogP contribution in [0.2, 0.25) is 0 Å². The lowest BCUT2D eigenvalue weighted by atomic mass is 9.54. The smallest absolute Gasteiger partial charge is 0.0329 e. The fraction of sp³-hybridized carbons (Fsp3) is 1.00. The highest BCUT2D eigenvalue weighted by Crippen LogP contribution is 2.53. The Morgan fingerprint density at radius 1 is 1.06 bits per heavy atom. The predicted octanol–water partition coefficient (Wildman–Crippen LogP) is 5.91. The molecular formula is C18H34. The molecule has 0 radical (unpaired) electrons. The number of rotatable bonds is 4. The molecule has 2 fully saturated rings. The third kappa shape index (κ3) is 2.78. The van der Waals surface area contributed by atoms with Gasteiger partial charge in [0.05, 0.1) is 0 Å². The van der Waals surface area contributed by atoms with E-state index in [1.54, 1.807) is 19.3 Å². The van der Waals surface area contributed by atoms with Crippen molar-refractivity contribution < 1.29 is 0 Å². The summed E-state index contributed by atoms with van der Waals surface area (Å²) in [5, 5.41) is 0. The summed E-state index contributed by atoms with van der Waals surface area (Å²) in [7, 11) is 0. The molecule has 0 aromatic rings. The van der Waals surface area contributed by atoms with Gasteiger partial charge < -0.3 is 0 Å². The van der Waals surface area contributed by atoms with E-state index in [4.69, 9.17) is 0 Å². The average Bonchev–Trinajstić information content (AvgIpc) is 2.37. The van der Waals surface area contributed by atoms with Crippen LogP contribution in [-0.4, -0.2) is 0 Å². The number of fused-ring (bicyclic) bond motifs is 1. The maximum atomic E-state index is 2.50. The Balaban J connectivity index is 2.19. The SMILES string of the molecule is CCCC1C(CC)CC2CCCCC2C1C(C)C. The molecule has 18 heavy (non-hydrogen) atoms. The van der Waals surface area contributed by atoms with Crippen molar-refractivity contribution in [3.05, 3.63) is 0 Å². The van der Waals surface area contributed by atoms with Gasteiger partial charge in [0.2, 0.25) is 0 Å². The maximum Gasteiger partial charge on any atom is -0.0329 e. The van der Waals surface area contributed by atoms with E-state index in [1.807, 2.05) is 0 Å². The Morgan fingerprint density at radius 2 is 1.78 bits per heavy atom. The zero-order valence-electron chi connectivity index (χ0n) is 13.1. The Bertz CT molecular complexity index is 242. The van der Waals surface area contributed by atoms with E-state index in [1.165, 1.54) is 32.1 Å². The molecule has 0 N–H and O–H groups in total. The molecule has 0 bridgehead atoms. The monoisotopic (exact) mass is 250 g/mol. The fourth-order valence-corrected chi connectivity index (χ4v) is 5.45. The second-order valence-electron chi connectivity index (χ2n) is 7.39. The van der Waals surface area contributed by atoms with Crippen molar-refractivity contribution >= 4 is 0 Å². The molecule has 0 aliphatic heterocycles. The quantitative estimate of drug-likeness (QED) is 0.581. The minimum atomic E-state index is 0.904. The van der Waals surface area contributed by atoms with Gasteiger partial charge in [0.15, 0.2) is 0 Å². The van der Waals surface area contributed by atoms with E-state index in [9.17, 15) is 0 Å². The first kappa shape index (κ1) is 14.4. The minimum absolute atomic E-state index is 0.904. The van der Waals surface area contributed by atoms with Gasteiger partial charge in [-0.1, -0.05) is 66.2 Å². The molecule has 5 unspecified atom stereocenters. The van der Waals surface area contributed by atoms with E-state index in [2.05, 4.69) is 27.7 Å². The van der Waals surface area contributed by atoms with Crippen LogP contribution in [0.1, 0.15) is 79.1 Å². The molecule has 0 aromatic carbocycles. The lowest BCUT2D eigenvalue weighted by Crippen LogP contribution is -2.43. The normalized spacial score (nSPS) is 40.8. The van der Waals surface area contributed by atoms with E-state index in [-0.39, 0.29) is 0 Å². The van der Waals surface area contributed by atoms with E-state index >= 15 is 0 Å². The van der Waals surface area contributed by atoms with Gasteiger partial charge in [-0.25, -0.2) is 0 Å². The van der Waals surface area contributed by atoms with Gasteiger partial charge in [-0.15, -0.1) is 0 Å². The molecule has 0 aromatic heterocycles. The van der Waals surface area contributed by atoms with Crippen molar-refractivity contribution in [2.24, 2.45) is 35.5 Å². The maximum absolute atomic E-state index is 2.50. The predicted molar refractivity (Wildman–Crippen MR) is 80.6 cm³/mol. The Hall–Kier alpha value is 0. The van der Waals surface area contributed by atoms with E-state index in [0.717, 1.165) is 35.5 Å². The first-order valence-electron chi connectivity index (χ1n) is 8.69. The summed E-state index contributed by atoms with van der Waals surface area (Å²) in [4.78, 5) is 0. The minimum Gasteiger partial charge on any atom is -0.0654 e. The van der Waals surface area contributed by atoms with Gasteiger partial charge in [-0.05, 0) is 48.3 Å². The number of hydrogen-bond donors (Lipinski definition) is 0. The molecule has 2 saturated carbocycles. The van der Waals surface area contributed by atoms with Crippen molar-refractivity contribution in [3.8, 4) is 0 Å². The summed E-state index contributed by atoms with van der Waals surface area (Å²) < 4.78 is 0. The van der Waals surface area contributed by atoms with Gasteiger partial charge in [0, 0.05) is 0 Å². The fourth-order valence-electron chi connectivity index (χ4n) is 5.45. The summed E-state index contributed by atoms with van der Waals surface area (Å²) >= 11 is 0. The second kappa shape index (κ2) is 6.44. The summed E-state index contributed by atoms with van der Waals surface area (Å²) in [5.74, 6) is 6.19. The third-order valence-electron chi connectivity index (χ3n) is 6.08. The van der Waals surface area contributed by atoms with Gasteiger partial charge in [0.1, 0.15) is 0 Å². The Kier molecular flexibility index (Phi) is 5.15. The second-order valence-corrected chi connectivity index (χ2v) is 7.39.